The molecule has 0 amide bonds. The summed E-state index contributed by atoms with van der Waals surface area (Å²) in [6, 6.07) is 0. The van der Waals surface area contributed by atoms with Crippen LogP contribution in [0.25, 0.3) is 0 Å². The van der Waals surface area contributed by atoms with Crippen LogP contribution in [0.4, 0.5) is 0 Å². The number of unbranched alkanes of at least 4 members (excludes halogenated alkanes) is 9. The molecule has 0 heterocycles. The summed E-state index contributed by atoms with van der Waals surface area (Å²) < 4.78 is 0. The van der Waals surface area contributed by atoms with E-state index in [1.54, 1.807) is 0 Å². The van der Waals surface area contributed by atoms with Crippen molar-refractivity contribution < 1.29 is 0 Å². The summed E-state index contributed by atoms with van der Waals surface area (Å²) in [5.74, 6) is 9.56. The zero-order valence-corrected chi connectivity index (χ0v) is 13.1. The van der Waals surface area contributed by atoms with Gasteiger partial charge in [0.15, 0.2) is 0 Å². The molecule has 0 saturated heterocycles. The minimum Gasteiger partial charge on any atom is -0.119 e. The smallest absolute Gasteiger partial charge is 0.0808 e. The van der Waals surface area contributed by atoms with Gasteiger partial charge in [0.05, 0.1) is 5.92 Å². The lowest BCUT2D eigenvalue weighted by atomic mass is 10.0. The molecule has 0 radical (unpaired) electrons. The van der Waals surface area contributed by atoms with Crippen molar-refractivity contribution in [2.24, 2.45) is 5.92 Å². The van der Waals surface area contributed by atoms with E-state index in [1.807, 2.05) is 0 Å². The summed E-state index contributed by atoms with van der Waals surface area (Å²) in [5, 5.41) is 0. The molecule has 0 aromatic heterocycles. The van der Waals surface area contributed by atoms with Crippen molar-refractivity contribution in [3.63, 3.8) is 0 Å². The lowest BCUT2D eigenvalue weighted by molar-refractivity contribution is 0.587. The van der Waals surface area contributed by atoms with E-state index in [0.29, 0.717) is 0 Å². The summed E-state index contributed by atoms with van der Waals surface area (Å²) in [5.41, 5.74) is 0. The fourth-order valence-corrected chi connectivity index (χ4v) is 2.16. The van der Waals surface area contributed by atoms with Gasteiger partial charge in [-0.15, -0.1) is 12.3 Å². The van der Waals surface area contributed by atoms with E-state index >= 15 is 0 Å². The molecular weight excluding hydrogens is 228 g/mol. The largest absolute Gasteiger partial charge is 0.119 e. The predicted molar refractivity (Wildman–Crippen MR) is 86.9 cm³/mol. The van der Waals surface area contributed by atoms with Gasteiger partial charge < -0.3 is 0 Å². The first-order valence-corrected chi connectivity index (χ1v) is 8.29. The van der Waals surface area contributed by atoms with Crippen molar-refractivity contribution in [2.75, 3.05) is 0 Å². The van der Waals surface area contributed by atoms with Gasteiger partial charge in [0.2, 0.25) is 0 Å². The molecule has 0 saturated carbocycles. The Morgan fingerprint density at radius 2 is 1.37 bits per heavy atom. The number of hydrogen-bond acceptors (Lipinski definition) is 0. The number of terminal acetylenes is 1. The SMILES string of the molecule is C#CC(C#CCCCCCCC)CCCCCCC. The Labute approximate surface area is 121 Å². The minimum atomic E-state index is 0.192. The Kier molecular flexibility index (Phi) is 14.5. The topological polar surface area (TPSA) is 0 Å². The molecule has 0 aliphatic heterocycles. The van der Waals surface area contributed by atoms with Crippen molar-refractivity contribution in [1.29, 1.82) is 0 Å². The normalized spacial score (nSPS) is 11.4. The quantitative estimate of drug-likeness (QED) is 0.317. The fourth-order valence-electron chi connectivity index (χ4n) is 2.16. The molecule has 0 aliphatic carbocycles. The molecule has 0 aliphatic rings. The molecule has 1 atom stereocenters. The van der Waals surface area contributed by atoms with E-state index in [1.165, 1.54) is 64.2 Å². The van der Waals surface area contributed by atoms with Crippen LogP contribution in [0, 0.1) is 30.1 Å². The third-order valence-electron chi connectivity index (χ3n) is 3.48. The first kappa shape index (κ1) is 18.1. The average molecular weight is 260 g/mol. The average Bonchev–Trinajstić information content (AvgIpc) is 2.44. The third kappa shape index (κ3) is 13.4. The van der Waals surface area contributed by atoms with Crippen LogP contribution in [-0.2, 0) is 0 Å². The summed E-state index contributed by atoms with van der Waals surface area (Å²) >= 11 is 0. The minimum absolute atomic E-state index is 0.192. The van der Waals surface area contributed by atoms with E-state index in [2.05, 4.69) is 31.6 Å². The van der Waals surface area contributed by atoms with Crippen LogP contribution in [0.2, 0.25) is 0 Å². The van der Waals surface area contributed by atoms with Crippen LogP contribution in [0.1, 0.15) is 90.9 Å². The molecule has 108 valence electrons. The van der Waals surface area contributed by atoms with Gasteiger partial charge in [-0.2, -0.15) is 0 Å². The molecule has 0 spiro atoms. The van der Waals surface area contributed by atoms with E-state index < -0.39 is 0 Å². The maximum atomic E-state index is 5.54. The van der Waals surface area contributed by atoms with Crippen molar-refractivity contribution in [2.45, 2.75) is 90.9 Å². The van der Waals surface area contributed by atoms with Gasteiger partial charge >= 0.3 is 0 Å². The first-order chi connectivity index (χ1) is 9.35. The monoisotopic (exact) mass is 260 g/mol. The Balaban J connectivity index is 3.55. The summed E-state index contributed by atoms with van der Waals surface area (Å²) in [6.45, 7) is 4.49. The Morgan fingerprint density at radius 1 is 0.789 bits per heavy atom. The van der Waals surface area contributed by atoms with Gasteiger partial charge in [0.25, 0.3) is 0 Å². The van der Waals surface area contributed by atoms with Crippen LogP contribution < -0.4 is 0 Å². The van der Waals surface area contributed by atoms with Crippen molar-refractivity contribution in [1.82, 2.24) is 0 Å². The van der Waals surface area contributed by atoms with Gasteiger partial charge in [0.1, 0.15) is 0 Å². The summed E-state index contributed by atoms with van der Waals surface area (Å²) in [4.78, 5) is 0. The second-order valence-electron chi connectivity index (χ2n) is 5.41. The molecular formula is C19H32. The van der Waals surface area contributed by atoms with Gasteiger partial charge in [-0.05, 0) is 12.8 Å². The molecule has 0 heteroatoms. The van der Waals surface area contributed by atoms with Gasteiger partial charge in [0, 0.05) is 6.42 Å². The fraction of sp³-hybridized carbons (Fsp3) is 0.789. The van der Waals surface area contributed by atoms with Crippen LogP contribution >= 0.6 is 0 Å². The number of hydrogen-bond donors (Lipinski definition) is 0. The first-order valence-electron chi connectivity index (χ1n) is 8.29. The molecule has 0 aromatic carbocycles. The Bertz CT molecular complexity index is 271. The zero-order chi connectivity index (χ0) is 14.2. The lowest BCUT2D eigenvalue weighted by Crippen LogP contribution is -1.93. The van der Waals surface area contributed by atoms with Gasteiger partial charge in [-0.3, -0.25) is 0 Å². The van der Waals surface area contributed by atoms with E-state index in [9.17, 15) is 0 Å². The highest BCUT2D eigenvalue weighted by Crippen LogP contribution is 2.11. The molecule has 0 N–H and O–H groups in total. The van der Waals surface area contributed by atoms with E-state index in [0.717, 1.165) is 12.8 Å². The van der Waals surface area contributed by atoms with Crippen LogP contribution in [0.15, 0.2) is 0 Å². The molecule has 0 bridgehead atoms. The molecule has 0 fully saturated rings. The highest BCUT2D eigenvalue weighted by atomic mass is 14.0. The molecule has 0 aromatic rings. The molecule has 0 nitrogen and oxygen atoms in total. The Morgan fingerprint density at radius 3 is 1.95 bits per heavy atom. The number of rotatable bonds is 11. The second kappa shape index (κ2) is 15.2. The third-order valence-corrected chi connectivity index (χ3v) is 3.48. The van der Waals surface area contributed by atoms with Gasteiger partial charge in [-0.1, -0.05) is 83.5 Å². The molecule has 0 rings (SSSR count). The van der Waals surface area contributed by atoms with Crippen molar-refractivity contribution >= 4 is 0 Å². The standard InChI is InChI=1S/C19H32/c1-4-7-9-11-12-14-16-18-19(6-3)17-15-13-10-8-5-2/h3,19H,4-5,7-15,17H2,1-2H3. The van der Waals surface area contributed by atoms with E-state index in [-0.39, 0.29) is 5.92 Å². The zero-order valence-electron chi connectivity index (χ0n) is 13.1. The highest BCUT2D eigenvalue weighted by molar-refractivity contribution is 5.14. The van der Waals surface area contributed by atoms with E-state index in [4.69, 9.17) is 6.42 Å². The predicted octanol–water partition coefficient (Wildman–Crippen LogP) is 5.96. The maximum absolute atomic E-state index is 5.54. The lowest BCUT2D eigenvalue weighted by Gasteiger charge is -2.03. The summed E-state index contributed by atoms with van der Waals surface area (Å²) in [6.07, 6.45) is 20.8. The van der Waals surface area contributed by atoms with Crippen molar-refractivity contribution in [3.8, 4) is 24.2 Å². The molecule has 1 unspecified atom stereocenters. The van der Waals surface area contributed by atoms with Gasteiger partial charge in [-0.25, -0.2) is 0 Å². The van der Waals surface area contributed by atoms with Crippen molar-refractivity contribution in [3.05, 3.63) is 0 Å². The molecule has 19 heavy (non-hydrogen) atoms. The maximum Gasteiger partial charge on any atom is 0.0808 e. The Hall–Kier alpha value is -0.880. The van der Waals surface area contributed by atoms with Crippen LogP contribution in [-0.4, -0.2) is 0 Å². The van der Waals surface area contributed by atoms with Crippen LogP contribution in [0.3, 0.4) is 0 Å². The second-order valence-corrected chi connectivity index (χ2v) is 5.41. The van der Waals surface area contributed by atoms with Crippen LogP contribution in [0.5, 0.6) is 0 Å². The summed E-state index contributed by atoms with van der Waals surface area (Å²) in [7, 11) is 0. The highest BCUT2D eigenvalue weighted by Gasteiger charge is 1.99.